The second kappa shape index (κ2) is 9.77. The topological polar surface area (TPSA) is 84.9 Å². The van der Waals surface area contributed by atoms with Crippen LogP contribution in [0.5, 0.6) is 11.5 Å². The van der Waals surface area contributed by atoms with Crippen molar-refractivity contribution in [3.63, 3.8) is 0 Å². The highest BCUT2D eigenvalue weighted by molar-refractivity contribution is 7.92. The number of rotatable bonds is 7. The molecule has 3 aromatic carbocycles. The molecular formula is C26H28N2O5S. The van der Waals surface area contributed by atoms with Crippen LogP contribution in [0.3, 0.4) is 0 Å². The molecule has 0 aliphatic carbocycles. The van der Waals surface area contributed by atoms with Crippen molar-refractivity contribution in [3.8, 4) is 11.5 Å². The first kappa shape index (κ1) is 23.6. The van der Waals surface area contributed by atoms with Gasteiger partial charge in [0.2, 0.25) is 0 Å². The predicted molar refractivity (Wildman–Crippen MR) is 131 cm³/mol. The second-order valence-electron chi connectivity index (χ2n) is 8.38. The highest BCUT2D eigenvalue weighted by Crippen LogP contribution is 2.37. The van der Waals surface area contributed by atoms with E-state index in [4.69, 9.17) is 9.47 Å². The quantitative estimate of drug-likeness (QED) is 0.521. The van der Waals surface area contributed by atoms with E-state index in [1.54, 1.807) is 36.4 Å². The zero-order valence-electron chi connectivity index (χ0n) is 19.4. The Balaban J connectivity index is 1.49. The van der Waals surface area contributed by atoms with E-state index < -0.39 is 22.0 Å². The van der Waals surface area contributed by atoms with Crippen LogP contribution >= 0.6 is 0 Å². The molecule has 1 aliphatic rings. The van der Waals surface area contributed by atoms with Gasteiger partial charge in [-0.05, 0) is 68.3 Å². The molecule has 1 atom stereocenters. The molecule has 0 fully saturated rings. The SMILES string of the molecule is Cc1ccc(S(=O)(=O)N2CC(C(=O)NCCOc3cccc(C)c3)Oc3cc(C)ccc32)cc1. The van der Waals surface area contributed by atoms with Crippen molar-refractivity contribution in [3.05, 3.63) is 83.4 Å². The third kappa shape index (κ3) is 5.17. The molecule has 8 heteroatoms. The smallest absolute Gasteiger partial charge is 0.264 e. The molecule has 0 saturated heterocycles. The molecule has 7 nitrogen and oxygen atoms in total. The second-order valence-corrected chi connectivity index (χ2v) is 10.2. The van der Waals surface area contributed by atoms with Crippen molar-refractivity contribution in [2.24, 2.45) is 0 Å². The first-order valence-corrected chi connectivity index (χ1v) is 12.5. The highest BCUT2D eigenvalue weighted by Gasteiger charge is 2.37. The lowest BCUT2D eigenvalue weighted by molar-refractivity contribution is -0.127. The number of fused-ring (bicyclic) bond motifs is 1. The number of sulfonamides is 1. The van der Waals surface area contributed by atoms with Crippen molar-refractivity contribution in [1.82, 2.24) is 5.32 Å². The number of hydrogen-bond acceptors (Lipinski definition) is 5. The average Bonchev–Trinajstić information content (AvgIpc) is 2.81. The summed E-state index contributed by atoms with van der Waals surface area (Å²) < 4.78 is 39.8. The molecule has 0 spiro atoms. The molecule has 0 saturated carbocycles. The molecule has 1 aliphatic heterocycles. The molecule has 0 bridgehead atoms. The number of nitrogens with one attached hydrogen (secondary N) is 1. The maximum atomic E-state index is 13.5. The Hall–Kier alpha value is -3.52. The first-order chi connectivity index (χ1) is 16.2. The maximum Gasteiger partial charge on any atom is 0.264 e. The monoisotopic (exact) mass is 480 g/mol. The molecular weight excluding hydrogens is 452 g/mol. The van der Waals surface area contributed by atoms with E-state index in [1.165, 1.54) is 4.31 Å². The molecule has 34 heavy (non-hydrogen) atoms. The predicted octanol–water partition coefficient (Wildman–Crippen LogP) is 3.76. The summed E-state index contributed by atoms with van der Waals surface area (Å²) >= 11 is 0. The fourth-order valence-electron chi connectivity index (χ4n) is 3.72. The molecule has 0 radical (unpaired) electrons. The number of nitrogens with zero attached hydrogens (tertiary/aromatic N) is 1. The third-order valence-electron chi connectivity index (χ3n) is 5.55. The molecule has 1 amide bonds. The van der Waals surface area contributed by atoms with Crippen LogP contribution in [0.15, 0.2) is 71.6 Å². The summed E-state index contributed by atoms with van der Waals surface area (Å²) in [5.74, 6) is 0.685. The van der Waals surface area contributed by atoms with Crippen molar-refractivity contribution in [2.75, 3.05) is 24.0 Å². The largest absolute Gasteiger partial charge is 0.492 e. The van der Waals surface area contributed by atoms with E-state index in [0.717, 1.165) is 22.4 Å². The van der Waals surface area contributed by atoms with Gasteiger partial charge in [-0.3, -0.25) is 9.10 Å². The number of benzene rings is 3. The Labute approximate surface area is 200 Å². The Morgan fingerprint density at radius 1 is 1.00 bits per heavy atom. The van der Waals surface area contributed by atoms with Crippen LogP contribution in [0, 0.1) is 20.8 Å². The zero-order chi connectivity index (χ0) is 24.3. The minimum Gasteiger partial charge on any atom is -0.492 e. The fourth-order valence-corrected chi connectivity index (χ4v) is 5.20. The molecule has 1 unspecified atom stereocenters. The molecule has 3 aromatic rings. The van der Waals surface area contributed by atoms with Crippen LogP contribution in [0.1, 0.15) is 16.7 Å². The molecule has 0 aromatic heterocycles. The fraction of sp³-hybridized carbons (Fsp3) is 0.269. The minimum absolute atomic E-state index is 0.128. The average molecular weight is 481 g/mol. The van der Waals surface area contributed by atoms with Crippen molar-refractivity contribution < 1.29 is 22.7 Å². The summed E-state index contributed by atoms with van der Waals surface area (Å²) in [5, 5.41) is 2.79. The number of anilines is 1. The summed E-state index contributed by atoms with van der Waals surface area (Å²) in [7, 11) is -3.89. The lowest BCUT2D eigenvalue weighted by Crippen LogP contribution is -2.51. The van der Waals surface area contributed by atoms with Crippen LogP contribution in [0.4, 0.5) is 5.69 Å². The molecule has 1 N–H and O–H groups in total. The molecule has 4 rings (SSSR count). The molecule has 1 heterocycles. The van der Waals surface area contributed by atoms with Gasteiger partial charge in [-0.2, -0.15) is 0 Å². The Kier molecular flexibility index (Phi) is 6.79. The van der Waals surface area contributed by atoms with Crippen molar-refractivity contribution >= 4 is 21.6 Å². The summed E-state index contributed by atoms with van der Waals surface area (Å²) in [6.45, 7) is 6.17. The van der Waals surface area contributed by atoms with E-state index in [1.807, 2.05) is 51.1 Å². The minimum atomic E-state index is -3.89. The van der Waals surface area contributed by atoms with Crippen LogP contribution in [-0.2, 0) is 14.8 Å². The number of carbonyl (C=O) groups is 1. The van der Waals surface area contributed by atoms with Gasteiger partial charge in [0.1, 0.15) is 18.1 Å². The number of hydrogen-bond donors (Lipinski definition) is 1. The van der Waals surface area contributed by atoms with Gasteiger partial charge in [0.05, 0.1) is 23.7 Å². The Bertz CT molecular complexity index is 1290. The number of carbonyl (C=O) groups excluding carboxylic acids is 1. The van der Waals surface area contributed by atoms with Crippen LogP contribution in [-0.4, -0.2) is 40.1 Å². The van der Waals surface area contributed by atoms with Gasteiger partial charge in [0, 0.05) is 0 Å². The third-order valence-corrected chi connectivity index (χ3v) is 7.34. The number of ether oxygens (including phenoxy) is 2. The Morgan fingerprint density at radius 2 is 1.71 bits per heavy atom. The van der Waals surface area contributed by atoms with Crippen molar-refractivity contribution in [2.45, 2.75) is 31.8 Å². The van der Waals surface area contributed by atoms with E-state index in [-0.39, 0.29) is 24.6 Å². The van der Waals surface area contributed by atoms with Gasteiger partial charge >= 0.3 is 0 Å². The van der Waals surface area contributed by atoms with Gasteiger partial charge < -0.3 is 14.8 Å². The van der Waals surface area contributed by atoms with E-state index >= 15 is 0 Å². The lowest BCUT2D eigenvalue weighted by atomic mass is 10.1. The summed E-state index contributed by atoms with van der Waals surface area (Å²) in [4.78, 5) is 13.1. The number of amides is 1. The summed E-state index contributed by atoms with van der Waals surface area (Å²) in [6.07, 6.45) is -0.992. The van der Waals surface area contributed by atoms with E-state index in [2.05, 4.69) is 5.32 Å². The van der Waals surface area contributed by atoms with E-state index in [9.17, 15) is 13.2 Å². The normalized spacial score (nSPS) is 15.3. The highest BCUT2D eigenvalue weighted by atomic mass is 32.2. The van der Waals surface area contributed by atoms with Gasteiger partial charge in [0.25, 0.3) is 15.9 Å². The van der Waals surface area contributed by atoms with Crippen LogP contribution < -0.4 is 19.1 Å². The Morgan fingerprint density at radius 3 is 2.44 bits per heavy atom. The van der Waals surface area contributed by atoms with Gasteiger partial charge in [-0.25, -0.2) is 8.42 Å². The first-order valence-electron chi connectivity index (χ1n) is 11.1. The van der Waals surface area contributed by atoms with Crippen molar-refractivity contribution in [1.29, 1.82) is 0 Å². The van der Waals surface area contributed by atoms with Gasteiger partial charge in [0.15, 0.2) is 6.10 Å². The summed E-state index contributed by atoms with van der Waals surface area (Å²) in [5.41, 5.74) is 3.36. The maximum absolute atomic E-state index is 13.5. The van der Waals surface area contributed by atoms with E-state index in [0.29, 0.717) is 11.4 Å². The van der Waals surface area contributed by atoms with Crippen LogP contribution in [0.2, 0.25) is 0 Å². The van der Waals surface area contributed by atoms with Gasteiger partial charge in [-0.15, -0.1) is 0 Å². The standard InChI is InChI=1S/C26H28N2O5S/c1-18-7-10-22(11-8-18)34(30,31)28-17-25(33-24-16-20(3)9-12-23(24)28)26(29)27-13-14-32-21-6-4-5-19(2)15-21/h4-12,15-16,25H,13-14,17H2,1-3H3,(H,27,29). The lowest BCUT2D eigenvalue weighted by Gasteiger charge is -2.35. The summed E-state index contributed by atoms with van der Waals surface area (Å²) in [6, 6.07) is 19.6. The zero-order valence-corrected chi connectivity index (χ0v) is 20.3. The van der Waals surface area contributed by atoms with Gasteiger partial charge in [-0.1, -0.05) is 35.9 Å². The molecule has 178 valence electrons. The number of aryl methyl sites for hydroxylation is 3. The van der Waals surface area contributed by atoms with Crippen LogP contribution in [0.25, 0.3) is 0 Å².